The number of hydrogen-bond acceptors (Lipinski definition) is 6. The minimum absolute atomic E-state index is 0.249. The second kappa shape index (κ2) is 6.68. The van der Waals surface area contributed by atoms with Gasteiger partial charge in [0.05, 0.1) is 5.54 Å². The zero-order valence-corrected chi connectivity index (χ0v) is 14.8. The average Bonchev–Trinajstić information content (AvgIpc) is 3.07. The Hall–Kier alpha value is -2.48. The number of amides is 1. The number of amidine groups is 1. The number of nitrogens with one attached hydrogen (secondary N) is 1. The number of aromatic nitrogens is 2. The Labute approximate surface area is 154 Å². The quantitative estimate of drug-likeness (QED) is 0.865. The number of hydrogen-bond donors (Lipinski definition) is 2. The summed E-state index contributed by atoms with van der Waals surface area (Å²) < 4.78 is 14.7. The molecule has 1 amide bonds. The van der Waals surface area contributed by atoms with Gasteiger partial charge < -0.3 is 11.1 Å². The highest BCUT2D eigenvalue weighted by Gasteiger charge is 2.48. The third kappa shape index (κ3) is 2.94. The topological polar surface area (TPSA) is 93.3 Å². The monoisotopic (exact) mass is 371 g/mol. The molecule has 1 fully saturated rings. The Balaban J connectivity index is 1.69. The zero-order chi connectivity index (χ0) is 18.1. The van der Waals surface area contributed by atoms with E-state index in [4.69, 9.17) is 5.73 Å². The Morgan fingerprint density at radius 2 is 2.27 bits per heavy atom. The fourth-order valence-corrected chi connectivity index (χ4v) is 4.86. The molecule has 2 aromatic rings. The lowest BCUT2D eigenvalue weighted by atomic mass is 9.81. The molecule has 1 aromatic carbocycles. The van der Waals surface area contributed by atoms with Crippen molar-refractivity contribution < 1.29 is 9.18 Å². The predicted molar refractivity (Wildman–Crippen MR) is 99.5 cm³/mol. The number of anilines is 1. The maximum Gasteiger partial charge on any atom is 0.274 e. The van der Waals surface area contributed by atoms with Crippen LogP contribution in [0.5, 0.6) is 0 Å². The molecule has 1 aromatic heterocycles. The van der Waals surface area contributed by atoms with Crippen LogP contribution in [-0.2, 0) is 5.54 Å². The summed E-state index contributed by atoms with van der Waals surface area (Å²) in [6.45, 7) is 0. The SMILES string of the molecule is NC1=N[C@@]2(c3cc(NC(=O)c4ccncn4)ccc3F)CCC[C@H]2CS1. The van der Waals surface area contributed by atoms with Gasteiger partial charge >= 0.3 is 0 Å². The van der Waals surface area contributed by atoms with Crippen LogP contribution in [0.4, 0.5) is 10.1 Å². The van der Waals surface area contributed by atoms with Crippen LogP contribution in [0.25, 0.3) is 0 Å². The molecule has 1 aliphatic carbocycles. The standard InChI is InChI=1S/C18H18FN5OS/c19-14-4-3-12(23-16(25)15-5-7-21-10-22-15)8-13(14)18-6-1-2-11(18)9-26-17(20)24-18/h3-5,7-8,10-11H,1-2,6,9H2,(H2,20,24)(H,23,25)/t11-,18-/m0/s1. The van der Waals surface area contributed by atoms with Crippen LogP contribution in [0.15, 0.2) is 41.8 Å². The number of nitrogens with zero attached hydrogens (tertiary/aromatic N) is 3. The summed E-state index contributed by atoms with van der Waals surface area (Å²) in [5, 5.41) is 3.27. The molecule has 2 aliphatic rings. The van der Waals surface area contributed by atoms with E-state index in [2.05, 4.69) is 20.3 Å². The maximum atomic E-state index is 14.7. The zero-order valence-electron chi connectivity index (χ0n) is 14.0. The summed E-state index contributed by atoms with van der Waals surface area (Å²) in [7, 11) is 0. The van der Waals surface area contributed by atoms with E-state index in [1.165, 1.54) is 36.4 Å². The average molecular weight is 371 g/mol. The number of carbonyl (C=O) groups excluding carboxylic acids is 1. The van der Waals surface area contributed by atoms with E-state index in [0.717, 1.165) is 25.0 Å². The molecule has 2 atom stereocenters. The van der Waals surface area contributed by atoms with Gasteiger partial charge in [-0.05, 0) is 43.0 Å². The number of thioether (sulfide) groups is 1. The van der Waals surface area contributed by atoms with Gasteiger partial charge in [0.15, 0.2) is 5.17 Å². The van der Waals surface area contributed by atoms with Gasteiger partial charge in [0.25, 0.3) is 5.91 Å². The second-order valence-electron chi connectivity index (χ2n) is 6.52. The number of rotatable bonds is 3. The fraction of sp³-hybridized carbons (Fsp3) is 0.333. The number of carbonyl (C=O) groups is 1. The third-order valence-corrected chi connectivity index (χ3v) is 5.99. The van der Waals surface area contributed by atoms with E-state index in [-0.39, 0.29) is 23.3 Å². The molecule has 0 radical (unpaired) electrons. The van der Waals surface area contributed by atoms with Gasteiger partial charge in [-0.15, -0.1) is 0 Å². The molecule has 0 spiro atoms. The van der Waals surface area contributed by atoms with Crippen molar-refractivity contribution in [3.8, 4) is 0 Å². The van der Waals surface area contributed by atoms with E-state index in [1.807, 2.05) is 0 Å². The molecule has 0 saturated heterocycles. The smallest absolute Gasteiger partial charge is 0.274 e. The molecular formula is C18H18FN5OS. The first-order chi connectivity index (χ1) is 12.6. The minimum Gasteiger partial charge on any atom is -0.379 e. The normalized spacial score (nSPS) is 24.7. The number of nitrogens with two attached hydrogens (primary N) is 1. The number of aliphatic imine (C=N–C) groups is 1. The van der Waals surface area contributed by atoms with Crippen LogP contribution < -0.4 is 11.1 Å². The molecular weight excluding hydrogens is 353 g/mol. The van der Waals surface area contributed by atoms with E-state index in [0.29, 0.717) is 16.4 Å². The molecule has 2 heterocycles. The van der Waals surface area contributed by atoms with Crippen LogP contribution in [0.1, 0.15) is 35.3 Å². The fourth-order valence-electron chi connectivity index (χ4n) is 3.81. The van der Waals surface area contributed by atoms with Gasteiger partial charge in [-0.1, -0.05) is 18.2 Å². The Morgan fingerprint density at radius 3 is 3.08 bits per heavy atom. The Kier molecular flexibility index (Phi) is 4.36. The summed E-state index contributed by atoms with van der Waals surface area (Å²) in [5.41, 5.74) is 6.60. The molecule has 1 saturated carbocycles. The predicted octanol–water partition coefficient (Wildman–Crippen LogP) is 2.92. The second-order valence-corrected chi connectivity index (χ2v) is 7.56. The first-order valence-electron chi connectivity index (χ1n) is 8.44. The van der Waals surface area contributed by atoms with Gasteiger partial charge in [-0.25, -0.2) is 14.4 Å². The van der Waals surface area contributed by atoms with Crippen molar-refractivity contribution in [2.24, 2.45) is 16.6 Å². The molecule has 0 unspecified atom stereocenters. The lowest BCUT2D eigenvalue weighted by Crippen LogP contribution is -2.37. The first-order valence-corrected chi connectivity index (χ1v) is 9.42. The van der Waals surface area contributed by atoms with E-state index < -0.39 is 5.54 Å². The maximum absolute atomic E-state index is 14.7. The van der Waals surface area contributed by atoms with E-state index in [1.54, 1.807) is 12.1 Å². The Morgan fingerprint density at radius 1 is 1.38 bits per heavy atom. The van der Waals surface area contributed by atoms with Gasteiger partial charge in [-0.3, -0.25) is 9.79 Å². The molecule has 1 aliphatic heterocycles. The molecule has 26 heavy (non-hydrogen) atoms. The third-order valence-electron chi connectivity index (χ3n) is 5.03. The van der Waals surface area contributed by atoms with Gasteiger partial charge in [0, 0.05) is 23.2 Å². The van der Waals surface area contributed by atoms with Crippen molar-refractivity contribution in [2.75, 3.05) is 11.1 Å². The summed E-state index contributed by atoms with van der Waals surface area (Å²) in [6.07, 6.45) is 5.56. The molecule has 0 bridgehead atoms. The molecule has 3 N–H and O–H groups in total. The van der Waals surface area contributed by atoms with Crippen LogP contribution in [0, 0.1) is 11.7 Å². The van der Waals surface area contributed by atoms with Crippen molar-refractivity contribution >= 4 is 28.5 Å². The van der Waals surface area contributed by atoms with Crippen LogP contribution in [0.3, 0.4) is 0 Å². The molecule has 6 nitrogen and oxygen atoms in total. The summed E-state index contributed by atoms with van der Waals surface area (Å²) in [5.74, 6) is 0.405. The molecule has 8 heteroatoms. The van der Waals surface area contributed by atoms with Crippen LogP contribution >= 0.6 is 11.8 Å². The highest BCUT2D eigenvalue weighted by Crippen LogP contribution is 2.51. The lowest BCUT2D eigenvalue weighted by Gasteiger charge is -2.36. The van der Waals surface area contributed by atoms with Gasteiger partial charge in [0.1, 0.15) is 17.8 Å². The minimum atomic E-state index is -0.630. The molecule has 134 valence electrons. The number of halogens is 1. The number of benzene rings is 1. The summed E-state index contributed by atoms with van der Waals surface area (Å²) in [6, 6.07) is 6.13. The van der Waals surface area contributed by atoms with Crippen LogP contribution in [0.2, 0.25) is 0 Å². The Bertz CT molecular complexity index is 875. The van der Waals surface area contributed by atoms with Crippen molar-refractivity contribution in [3.63, 3.8) is 0 Å². The van der Waals surface area contributed by atoms with Crippen molar-refractivity contribution in [3.05, 3.63) is 53.9 Å². The number of fused-ring (bicyclic) bond motifs is 1. The van der Waals surface area contributed by atoms with Crippen molar-refractivity contribution in [1.82, 2.24) is 9.97 Å². The molecule has 4 rings (SSSR count). The highest BCUT2D eigenvalue weighted by atomic mass is 32.2. The van der Waals surface area contributed by atoms with E-state index in [9.17, 15) is 9.18 Å². The highest BCUT2D eigenvalue weighted by molar-refractivity contribution is 8.13. The van der Waals surface area contributed by atoms with Gasteiger partial charge in [-0.2, -0.15) is 0 Å². The van der Waals surface area contributed by atoms with Crippen molar-refractivity contribution in [1.29, 1.82) is 0 Å². The van der Waals surface area contributed by atoms with Gasteiger partial charge in [0.2, 0.25) is 0 Å². The van der Waals surface area contributed by atoms with Crippen molar-refractivity contribution in [2.45, 2.75) is 24.8 Å². The lowest BCUT2D eigenvalue weighted by molar-refractivity contribution is 0.102. The largest absolute Gasteiger partial charge is 0.379 e. The summed E-state index contributed by atoms with van der Waals surface area (Å²) >= 11 is 1.53. The van der Waals surface area contributed by atoms with E-state index >= 15 is 0 Å². The first kappa shape index (κ1) is 17.0. The summed E-state index contributed by atoms with van der Waals surface area (Å²) in [4.78, 5) is 24.7. The van der Waals surface area contributed by atoms with Crippen LogP contribution in [-0.4, -0.2) is 26.8 Å².